The quantitative estimate of drug-likeness (QED) is 0.603. The molecule has 0 bridgehead atoms. The SMILES string of the molecule is Cc1ncsc1C(=O)Nc1ccc(OC[C@H]2CCCCN2)c(-c2c(C)noc2C)c1. The van der Waals surface area contributed by atoms with Gasteiger partial charge in [-0.1, -0.05) is 11.6 Å². The Bertz CT molecular complexity index is 1020. The molecule has 0 saturated carbocycles. The molecule has 1 aromatic carbocycles. The molecule has 3 aromatic rings. The van der Waals surface area contributed by atoms with Crippen molar-refractivity contribution in [3.63, 3.8) is 0 Å². The number of carbonyl (C=O) groups excluding carboxylic acids is 1. The third-order valence-corrected chi connectivity index (χ3v) is 6.27. The Labute approximate surface area is 179 Å². The van der Waals surface area contributed by atoms with Gasteiger partial charge in [0.15, 0.2) is 0 Å². The minimum Gasteiger partial charge on any atom is -0.491 e. The van der Waals surface area contributed by atoms with E-state index in [1.165, 1.54) is 24.2 Å². The number of ether oxygens (including phenoxy) is 1. The molecule has 1 atom stereocenters. The van der Waals surface area contributed by atoms with Gasteiger partial charge in [0.05, 0.1) is 22.5 Å². The number of hydrogen-bond acceptors (Lipinski definition) is 7. The van der Waals surface area contributed by atoms with Crippen LogP contribution in [-0.4, -0.2) is 35.2 Å². The number of carbonyl (C=O) groups is 1. The van der Waals surface area contributed by atoms with Gasteiger partial charge in [0.2, 0.25) is 0 Å². The summed E-state index contributed by atoms with van der Waals surface area (Å²) in [5.74, 6) is 1.30. The molecule has 2 aromatic heterocycles. The summed E-state index contributed by atoms with van der Waals surface area (Å²) in [7, 11) is 0. The number of nitrogens with one attached hydrogen (secondary N) is 2. The first kappa shape index (κ1) is 20.6. The van der Waals surface area contributed by atoms with Gasteiger partial charge in [0.25, 0.3) is 5.91 Å². The van der Waals surface area contributed by atoms with E-state index in [4.69, 9.17) is 9.26 Å². The van der Waals surface area contributed by atoms with Crippen LogP contribution in [0.5, 0.6) is 5.75 Å². The fraction of sp³-hybridized carbons (Fsp3) is 0.409. The number of benzene rings is 1. The average Bonchev–Trinajstić information content (AvgIpc) is 3.32. The molecule has 1 amide bonds. The van der Waals surface area contributed by atoms with Crippen molar-refractivity contribution in [3.05, 3.63) is 45.7 Å². The van der Waals surface area contributed by atoms with Gasteiger partial charge < -0.3 is 19.9 Å². The van der Waals surface area contributed by atoms with Crippen LogP contribution in [0, 0.1) is 20.8 Å². The van der Waals surface area contributed by atoms with Gasteiger partial charge >= 0.3 is 0 Å². The smallest absolute Gasteiger partial charge is 0.267 e. The predicted molar refractivity (Wildman–Crippen MR) is 117 cm³/mol. The van der Waals surface area contributed by atoms with E-state index < -0.39 is 0 Å². The number of amides is 1. The summed E-state index contributed by atoms with van der Waals surface area (Å²) in [4.78, 5) is 17.4. The molecule has 0 aliphatic carbocycles. The number of piperidine rings is 1. The lowest BCUT2D eigenvalue weighted by Crippen LogP contribution is -2.38. The van der Waals surface area contributed by atoms with Crippen LogP contribution in [0.25, 0.3) is 11.1 Å². The zero-order chi connectivity index (χ0) is 21.1. The van der Waals surface area contributed by atoms with Crippen LogP contribution in [0.1, 0.15) is 46.1 Å². The predicted octanol–water partition coefficient (Wildman–Crippen LogP) is 4.50. The Balaban J connectivity index is 1.61. The fourth-order valence-corrected chi connectivity index (χ4v) is 4.46. The maximum absolute atomic E-state index is 12.6. The summed E-state index contributed by atoms with van der Waals surface area (Å²) in [6.07, 6.45) is 3.55. The van der Waals surface area contributed by atoms with Crippen LogP contribution in [0.3, 0.4) is 0 Å². The summed E-state index contributed by atoms with van der Waals surface area (Å²) < 4.78 is 11.6. The highest BCUT2D eigenvalue weighted by Crippen LogP contribution is 2.37. The van der Waals surface area contributed by atoms with Crippen LogP contribution >= 0.6 is 11.3 Å². The van der Waals surface area contributed by atoms with E-state index in [1.54, 1.807) is 5.51 Å². The summed E-state index contributed by atoms with van der Waals surface area (Å²) in [5, 5.41) is 10.6. The Morgan fingerprint density at radius 1 is 1.30 bits per heavy atom. The highest BCUT2D eigenvalue weighted by molar-refractivity contribution is 7.12. The van der Waals surface area contributed by atoms with Crippen LogP contribution in [0.2, 0.25) is 0 Å². The average molecular weight is 427 g/mol. The molecular formula is C22H26N4O3S. The molecule has 7 nitrogen and oxygen atoms in total. The molecular weight excluding hydrogens is 400 g/mol. The standard InChI is InChI=1S/C22H26N4O3S/c1-13-20(15(3)29-26-13)18-10-16(25-22(27)21-14(2)24-12-30-21)7-8-19(18)28-11-17-6-4-5-9-23-17/h7-8,10,12,17,23H,4-6,9,11H2,1-3H3,(H,25,27)/t17-/m1/s1. The second kappa shape index (κ2) is 8.97. The maximum atomic E-state index is 12.6. The van der Waals surface area contributed by atoms with E-state index in [9.17, 15) is 4.79 Å². The van der Waals surface area contributed by atoms with E-state index in [0.29, 0.717) is 23.2 Å². The molecule has 1 aliphatic rings. The minimum atomic E-state index is -0.167. The third kappa shape index (κ3) is 4.39. The monoisotopic (exact) mass is 426 g/mol. The topological polar surface area (TPSA) is 89.3 Å². The highest BCUT2D eigenvalue weighted by Gasteiger charge is 2.20. The molecule has 3 heterocycles. The molecule has 30 heavy (non-hydrogen) atoms. The van der Waals surface area contributed by atoms with Gasteiger partial charge in [-0.15, -0.1) is 11.3 Å². The zero-order valence-corrected chi connectivity index (χ0v) is 18.3. The van der Waals surface area contributed by atoms with Crippen molar-refractivity contribution >= 4 is 22.9 Å². The van der Waals surface area contributed by atoms with Gasteiger partial charge in [-0.25, -0.2) is 4.98 Å². The molecule has 158 valence electrons. The van der Waals surface area contributed by atoms with Gasteiger partial charge in [0, 0.05) is 17.3 Å². The number of thiazole rings is 1. The first-order valence-electron chi connectivity index (χ1n) is 10.2. The van der Waals surface area contributed by atoms with Crippen molar-refractivity contribution in [2.75, 3.05) is 18.5 Å². The van der Waals surface area contributed by atoms with Gasteiger partial charge in [-0.2, -0.15) is 0 Å². The number of aryl methyl sites for hydroxylation is 3. The van der Waals surface area contributed by atoms with Crippen LogP contribution < -0.4 is 15.4 Å². The second-order valence-corrected chi connectivity index (χ2v) is 8.44. The summed E-state index contributed by atoms with van der Waals surface area (Å²) in [6, 6.07) is 6.04. The van der Waals surface area contributed by atoms with Crippen molar-refractivity contribution < 1.29 is 14.1 Å². The zero-order valence-electron chi connectivity index (χ0n) is 17.4. The molecule has 4 rings (SSSR count). The van der Waals surface area contributed by atoms with Gasteiger partial charge in [0.1, 0.15) is 23.0 Å². The first-order chi connectivity index (χ1) is 14.5. The summed E-state index contributed by atoms with van der Waals surface area (Å²) >= 11 is 1.33. The second-order valence-electron chi connectivity index (χ2n) is 7.59. The molecule has 0 unspecified atom stereocenters. The van der Waals surface area contributed by atoms with Crippen molar-refractivity contribution in [1.82, 2.24) is 15.5 Å². The lowest BCUT2D eigenvalue weighted by molar-refractivity contribution is 0.103. The highest BCUT2D eigenvalue weighted by atomic mass is 32.1. The van der Waals surface area contributed by atoms with Crippen LogP contribution in [-0.2, 0) is 0 Å². The summed E-state index contributed by atoms with van der Waals surface area (Å²) in [5.41, 5.74) is 5.63. The summed E-state index contributed by atoms with van der Waals surface area (Å²) in [6.45, 7) is 7.25. The normalized spacial score (nSPS) is 16.4. The minimum absolute atomic E-state index is 0.167. The number of hydrogen-bond donors (Lipinski definition) is 2. The molecule has 1 saturated heterocycles. The Morgan fingerprint density at radius 2 is 2.17 bits per heavy atom. The van der Waals surface area contributed by atoms with Crippen LogP contribution in [0.4, 0.5) is 5.69 Å². The molecule has 1 aliphatic heterocycles. The molecule has 2 N–H and O–H groups in total. The van der Waals surface area contributed by atoms with E-state index in [-0.39, 0.29) is 5.91 Å². The number of anilines is 1. The molecule has 1 fully saturated rings. The number of aromatic nitrogens is 2. The lowest BCUT2D eigenvalue weighted by atomic mass is 10.0. The van der Waals surface area contributed by atoms with E-state index in [0.717, 1.165) is 47.0 Å². The van der Waals surface area contributed by atoms with Crippen LogP contribution in [0.15, 0.2) is 28.2 Å². The maximum Gasteiger partial charge on any atom is 0.267 e. The van der Waals surface area contributed by atoms with Crippen molar-refractivity contribution in [2.45, 2.75) is 46.1 Å². The lowest BCUT2D eigenvalue weighted by Gasteiger charge is -2.24. The number of rotatable bonds is 6. The Morgan fingerprint density at radius 3 is 2.83 bits per heavy atom. The van der Waals surface area contributed by atoms with E-state index >= 15 is 0 Å². The first-order valence-corrected chi connectivity index (χ1v) is 11.1. The van der Waals surface area contributed by atoms with E-state index in [1.807, 2.05) is 39.0 Å². The van der Waals surface area contributed by atoms with Crippen molar-refractivity contribution in [1.29, 1.82) is 0 Å². The largest absolute Gasteiger partial charge is 0.491 e. The van der Waals surface area contributed by atoms with Gasteiger partial charge in [-0.05, 0) is 58.4 Å². The Hall–Kier alpha value is -2.71. The third-order valence-electron chi connectivity index (χ3n) is 5.34. The molecule has 0 radical (unpaired) electrons. The fourth-order valence-electron chi connectivity index (χ4n) is 3.76. The van der Waals surface area contributed by atoms with Crippen molar-refractivity contribution in [3.8, 4) is 16.9 Å². The Kier molecular flexibility index (Phi) is 6.15. The van der Waals surface area contributed by atoms with Crippen molar-refractivity contribution in [2.24, 2.45) is 0 Å². The molecule has 0 spiro atoms. The van der Waals surface area contributed by atoms with Gasteiger partial charge in [-0.3, -0.25) is 4.79 Å². The molecule has 8 heteroatoms. The van der Waals surface area contributed by atoms with E-state index in [2.05, 4.69) is 20.8 Å². The number of nitrogens with zero attached hydrogens (tertiary/aromatic N) is 2.